The molecule has 0 aliphatic rings. The van der Waals surface area contributed by atoms with Crippen LogP contribution in [-0.4, -0.2) is 16.3 Å². The molecule has 0 saturated heterocycles. The lowest BCUT2D eigenvalue weighted by atomic mass is 10.1. The third-order valence-electron chi connectivity index (χ3n) is 5.36. The zero-order chi connectivity index (χ0) is 23.9. The number of hydrogen-bond donors (Lipinski definition) is 3. The van der Waals surface area contributed by atoms with Gasteiger partial charge < -0.3 is 16.0 Å². The van der Waals surface area contributed by atoms with Crippen LogP contribution < -0.4 is 16.0 Å². The maximum atomic E-state index is 13.0. The van der Waals surface area contributed by atoms with Gasteiger partial charge in [0.2, 0.25) is 5.91 Å². The minimum atomic E-state index is -0.209. The molecule has 4 rings (SSSR count). The van der Waals surface area contributed by atoms with Crippen molar-refractivity contribution in [2.75, 3.05) is 16.0 Å². The summed E-state index contributed by atoms with van der Waals surface area (Å²) >= 11 is 7.01. The topological polar surface area (TPSA) is 53.2 Å². The van der Waals surface area contributed by atoms with Crippen molar-refractivity contribution in [2.24, 2.45) is 0 Å². The number of fused-ring (bicyclic) bond motifs is 1. The van der Waals surface area contributed by atoms with E-state index in [1.807, 2.05) is 91.9 Å². The number of thioether (sulfide) groups is 1. The number of nitrogens with one attached hydrogen (secondary N) is 3. The number of aryl methyl sites for hydroxylation is 1. The molecule has 0 heterocycles. The van der Waals surface area contributed by atoms with Crippen molar-refractivity contribution in [3.63, 3.8) is 0 Å². The maximum absolute atomic E-state index is 13.0. The van der Waals surface area contributed by atoms with Crippen LogP contribution in [0.2, 0.25) is 0 Å². The average Bonchev–Trinajstić information content (AvgIpc) is 2.84. The summed E-state index contributed by atoms with van der Waals surface area (Å²) in [5, 5.41) is 12.1. The molecule has 0 bridgehead atoms. The van der Waals surface area contributed by atoms with Crippen LogP contribution in [0.25, 0.3) is 10.8 Å². The molecule has 4 aromatic carbocycles. The van der Waals surface area contributed by atoms with E-state index in [1.165, 1.54) is 5.56 Å². The van der Waals surface area contributed by atoms with Crippen LogP contribution in [0.1, 0.15) is 18.9 Å². The lowest BCUT2D eigenvalue weighted by Gasteiger charge is -2.16. The SMILES string of the molecule is CCC(Sc1cccc(NC(=S)Nc2ccc(C)cc2)c1)C(=O)Nc1ccc2ccccc2c1. The van der Waals surface area contributed by atoms with Gasteiger partial charge in [-0.25, -0.2) is 0 Å². The van der Waals surface area contributed by atoms with E-state index >= 15 is 0 Å². The van der Waals surface area contributed by atoms with Crippen molar-refractivity contribution in [2.45, 2.75) is 30.4 Å². The molecule has 34 heavy (non-hydrogen) atoms. The molecule has 0 fully saturated rings. The second kappa shape index (κ2) is 11.2. The second-order valence-corrected chi connectivity index (χ2v) is 9.72. The Morgan fingerprint density at radius 2 is 1.47 bits per heavy atom. The highest BCUT2D eigenvalue weighted by molar-refractivity contribution is 8.00. The van der Waals surface area contributed by atoms with E-state index in [1.54, 1.807) is 11.8 Å². The van der Waals surface area contributed by atoms with Gasteiger partial charge in [0.05, 0.1) is 5.25 Å². The number of carbonyl (C=O) groups excluding carboxylic acids is 1. The molecule has 0 radical (unpaired) electrons. The Morgan fingerprint density at radius 1 is 0.794 bits per heavy atom. The zero-order valence-electron chi connectivity index (χ0n) is 19.2. The molecule has 0 aromatic heterocycles. The van der Waals surface area contributed by atoms with Gasteiger partial charge in [-0.1, -0.05) is 61.0 Å². The Hall–Kier alpha value is -3.35. The predicted octanol–water partition coefficient (Wildman–Crippen LogP) is 7.47. The first-order valence-electron chi connectivity index (χ1n) is 11.2. The molecule has 1 amide bonds. The summed E-state index contributed by atoms with van der Waals surface area (Å²) in [6.45, 7) is 4.08. The van der Waals surface area contributed by atoms with E-state index in [-0.39, 0.29) is 11.2 Å². The standard InChI is InChI=1S/C28H27N3OS2/c1-3-26(27(32)29-24-16-13-20-7-4-5-8-21(20)17-24)34-25-10-6-9-23(18-25)31-28(33)30-22-14-11-19(2)12-15-22/h4-18,26H,3H2,1-2H3,(H,29,32)(H2,30,31,33). The van der Waals surface area contributed by atoms with Crippen LogP contribution in [0.3, 0.4) is 0 Å². The number of thiocarbonyl (C=S) groups is 1. The molecule has 0 aliphatic carbocycles. The third-order valence-corrected chi connectivity index (χ3v) is 6.92. The Morgan fingerprint density at radius 3 is 2.24 bits per heavy atom. The molecule has 0 spiro atoms. The number of rotatable bonds is 7. The summed E-state index contributed by atoms with van der Waals surface area (Å²) in [4.78, 5) is 14.0. The molecule has 4 nitrogen and oxygen atoms in total. The molecule has 4 aromatic rings. The van der Waals surface area contributed by atoms with E-state index < -0.39 is 0 Å². The summed E-state index contributed by atoms with van der Waals surface area (Å²) in [5.41, 5.74) is 3.82. The number of benzene rings is 4. The first-order valence-corrected chi connectivity index (χ1v) is 12.5. The minimum absolute atomic E-state index is 0.00213. The quantitative estimate of drug-likeness (QED) is 0.187. The van der Waals surface area contributed by atoms with Crippen LogP contribution in [0.15, 0.2) is 95.9 Å². The van der Waals surface area contributed by atoms with Crippen molar-refractivity contribution in [1.29, 1.82) is 0 Å². The van der Waals surface area contributed by atoms with Crippen molar-refractivity contribution in [1.82, 2.24) is 0 Å². The average molecular weight is 486 g/mol. The summed E-state index contributed by atoms with van der Waals surface area (Å²) in [5.74, 6) is -0.00213. The molecule has 6 heteroatoms. The Kier molecular flexibility index (Phi) is 7.83. The summed E-state index contributed by atoms with van der Waals surface area (Å²) in [7, 11) is 0. The fourth-order valence-corrected chi connectivity index (χ4v) is 4.80. The number of carbonyl (C=O) groups is 1. The predicted molar refractivity (Wildman–Crippen MR) is 150 cm³/mol. The summed E-state index contributed by atoms with van der Waals surface area (Å²) < 4.78 is 0. The van der Waals surface area contributed by atoms with Gasteiger partial charge >= 0.3 is 0 Å². The monoisotopic (exact) mass is 485 g/mol. The molecule has 1 unspecified atom stereocenters. The van der Waals surface area contributed by atoms with E-state index in [0.717, 1.165) is 39.2 Å². The molecule has 1 atom stereocenters. The van der Waals surface area contributed by atoms with Gasteiger partial charge in [-0.2, -0.15) is 0 Å². The van der Waals surface area contributed by atoms with Gasteiger partial charge in [-0.3, -0.25) is 4.79 Å². The smallest absolute Gasteiger partial charge is 0.237 e. The highest BCUT2D eigenvalue weighted by Crippen LogP contribution is 2.29. The van der Waals surface area contributed by atoms with E-state index in [2.05, 4.69) is 28.9 Å². The van der Waals surface area contributed by atoms with Gasteiger partial charge in [0.25, 0.3) is 0 Å². The number of amides is 1. The summed E-state index contributed by atoms with van der Waals surface area (Å²) in [6, 6.07) is 30.1. The van der Waals surface area contributed by atoms with Crippen LogP contribution in [0, 0.1) is 6.92 Å². The van der Waals surface area contributed by atoms with Crippen LogP contribution >= 0.6 is 24.0 Å². The minimum Gasteiger partial charge on any atom is -0.332 e. The van der Waals surface area contributed by atoms with Gasteiger partial charge in [-0.05, 0) is 78.8 Å². The molecular formula is C28H27N3OS2. The van der Waals surface area contributed by atoms with Gasteiger partial charge in [0, 0.05) is 22.0 Å². The Balaban J connectivity index is 1.38. The molecule has 172 valence electrons. The molecule has 0 saturated carbocycles. The number of hydrogen-bond acceptors (Lipinski definition) is 3. The van der Waals surface area contributed by atoms with E-state index in [0.29, 0.717) is 5.11 Å². The molecular weight excluding hydrogens is 458 g/mol. The summed E-state index contributed by atoms with van der Waals surface area (Å²) in [6.07, 6.45) is 0.717. The third kappa shape index (κ3) is 6.37. The highest BCUT2D eigenvalue weighted by atomic mass is 32.2. The van der Waals surface area contributed by atoms with Crippen molar-refractivity contribution >= 4 is 62.8 Å². The van der Waals surface area contributed by atoms with Gasteiger partial charge in [0.15, 0.2) is 5.11 Å². The van der Waals surface area contributed by atoms with Gasteiger partial charge in [-0.15, -0.1) is 11.8 Å². The highest BCUT2D eigenvalue weighted by Gasteiger charge is 2.18. The fraction of sp³-hybridized carbons (Fsp3) is 0.143. The molecule has 3 N–H and O–H groups in total. The zero-order valence-corrected chi connectivity index (χ0v) is 20.8. The van der Waals surface area contributed by atoms with Crippen molar-refractivity contribution in [3.8, 4) is 0 Å². The largest absolute Gasteiger partial charge is 0.332 e. The number of anilines is 3. The lowest BCUT2D eigenvalue weighted by Crippen LogP contribution is -2.24. The van der Waals surface area contributed by atoms with Crippen LogP contribution in [0.5, 0.6) is 0 Å². The van der Waals surface area contributed by atoms with E-state index in [4.69, 9.17) is 12.2 Å². The first-order chi connectivity index (χ1) is 16.5. The maximum Gasteiger partial charge on any atom is 0.237 e. The lowest BCUT2D eigenvalue weighted by molar-refractivity contribution is -0.115. The normalized spacial score (nSPS) is 11.6. The van der Waals surface area contributed by atoms with Crippen molar-refractivity contribution in [3.05, 3.63) is 96.6 Å². The fourth-order valence-electron chi connectivity index (χ4n) is 3.55. The second-order valence-electron chi connectivity index (χ2n) is 8.04. The Labute approximate surface area is 210 Å². The van der Waals surface area contributed by atoms with Crippen molar-refractivity contribution < 1.29 is 4.79 Å². The van der Waals surface area contributed by atoms with Crippen LogP contribution in [-0.2, 0) is 4.79 Å². The molecule has 0 aliphatic heterocycles. The van der Waals surface area contributed by atoms with Gasteiger partial charge in [0.1, 0.15) is 0 Å². The van der Waals surface area contributed by atoms with Crippen LogP contribution in [0.4, 0.5) is 17.1 Å². The first kappa shape index (κ1) is 23.8. The Bertz CT molecular complexity index is 1300. The van der Waals surface area contributed by atoms with E-state index in [9.17, 15) is 4.79 Å².